The Hall–Kier alpha value is -1.39. The lowest BCUT2D eigenvalue weighted by molar-refractivity contribution is 0.198. The van der Waals surface area contributed by atoms with Crippen molar-refractivity contribution < 1.29 is 41.4 Å². The SMILES string of the molecule is C1CCOC1.OB(O)Oc1c(F)c(F)c(F)c(F)c1F. The van der Waals surface area contributed by atoms with Gasteiger partial charge < -0.3 is 19.4 Å². The highest BCUT2D eigenvalue weighted by Crippen LogP contribution is 2.28. The van der Waals surface area contributed by atoms with Crippen LogP contribution < -0.4 is 4.65 Å². The van der Waals surface area contributed by atoms with Crippen LogP contribution in [0, 0.1) is 29.1 Å². The summed E-state index contributed by atoms with van der Waals surface area (Å²) in [6, 6.07) is 0. The summed E-state index contributed by atoms with van der Waals surface area (Å²) in [5.74, 6) is -13.1. The molecule has 4 nitrogen and oxygen atoms in total. The van der Waals surface area contributed by atoms with Crippen molar-refractivity contribution in [1.29, 1.82) is 0 Å². The molecular weight excluding hydrogens is 290 g/mol. The van der Waals surface area contributed by atoms with Gasteiger partial charge in [0.1, 0.15) is 0 Å². The normalized spacial score (nSPS) is 13.8. The van der Waals surface area contributed by atoms with Gasteiger partial charge in [0.25, 0.3) is 0 Å². The van der Waals surface area contributed by atoms with Crippen LogP contribution in [0.1, 0.15) is 12.8 Å². The van der Waals surface area contributed by atoms with E-state index in [4.69, 9.17) is 14.8 Å². The standard InChI is InChI=1S/C6H2BF5O3.C4H8O/c8-1-2(9)4(11)6(15-7(13)14)5(12)3(1)10;1-2-4-5-3-1/h13-14H;1-4H2. The Labute approximate surface area is 110 Å². The van der Waals surface area contributed by atoms with E-state index in [2.05, 4.69) is 4.65 Å². The summed E-state index contributed by atoms with van der Waals surface area (Å²) < 4.78 is 71.3. The summed E-state index contributed by atoms with van der Waals surface area (Å²) in [7, 11) is -2.70. The van der Waals surface area contributed by atoms with Crippen molar-refractivity contribution in [3.05, 3.63) is 29.1 Å². The van der Waals surface area contributed by atoms with Crippen LogP contribution in [0.25, 0.3) is 0 Å². The fourth-order valence-electron chi connectivity index (χ4n) is 1.30. The average molecular weight is 300 g/mol. The minimum absolute atomic E-state index is 1.00. The predicted octanol–water partition coefficient (Wildman–Crippen LogP) is 1.53. The molecule has 2 N–H and O–H groups in total. The van der Waals surface area contributed by atoms with Crippen LogP contribution in [0.4, 0.5) is 22.0 Å². The van der Waals surface area contributed by atoms with Crippen molar-refractivity contribution in [2.24, 2.45) is 0 Å². The first-order valence-electron chi connectivity index (χ1n) is 5.48. The van der Waals surface area contributed by atoms with Crippen molar-refractivity contribution in [3.63, 3.8) is 0 Å². The molecule has 0 spiro atoms. The van der Waals surface area contributed by atoms with Crippen LogP contribution in [0.15, 0.2) is 0 Å². The third kappa shape index (κ3) is 4.05. The summed E-state index contributed by atoms with van der Waals surface area (Å²) in [5.41, 5.74) is 0. The Morgan fingerprint density at radius 3 is 1.50 bits per heavy atom. The first-order chi connectivity index (χ1) is 9.36. The lowest BCUT2D eigenvalue weighted by atomic mass is 10.2. The number of ether oxygens (including phenoxy) is 1. The molecule has 1 heterocycles. The van der Waals surface area contributed by atoms with E-state index < -0.39 is 42.2 Å². The highest BCUT2D eigenvalue weighted by Gasteiger charge is 2.29. The van der Waals surface area contributed by atoms with Gasteiger partial charge in [0.2, 0.25) is 29.1 Å². The molecule has 0 radical (unpaired) electrons. The molecule has 1 aliphatic rings. The van der Waals surface area contributed by atoms with E-state index in [1.807, 2.05) is 0 Å². The fourth-order valence-corrected chi connectivity index (χ4v) is 1.30. The van der Waals surface area contributed by atoms with Gasteiger partial charge in [-0.2, -0.15) is 8.78 Å². The van der Waals surface area contributed by atoms with Gasteiger partial charge in [-0.15, -0.1) is 0 Å². The lowest BCUT2D eigenvalue weighted by Gasteiger charge is -2.08. The van der Waals surface area contributed by atoms with E-state index in [1.165, 1.54) is 12.8 Å². The van der Waals surface area contributed by atoms with Crippen molar-refractivity contribution in [2.75, 3.05) is 13.2 Å². The van der Waals surface area contributed by atoms with Crippen LogP contribution >= 0.6 is 0 Å². The number of halogens is 5. The van der Waals surface area contributed by atoms with Crippen molar-refractivity contribution >= 4 is 7.32 Å². The molecule has 0 bridgehead atoms. The zero-order valence-corrected chi connectivity index (χ0v) is 10.0. The molecule has 1 saturated heterocycles. The van der Waals surface area contributed by atoms with Crippen LogP contribution in [0.3, 0.4) is 0 Å². The predicted molar refractivity (Wildman–Crippen MR) is 57.1 cm³/mol. The maximum absolute atomic E-state index is 12.7. The van der Waals surface area contributed by atoms with Gasteiger partial charge in [-0.25, -0.2) is 13.2 Å². The maximum Gasteiger partial charge on any atom is 0.707 e. The summed E-state index contributed by atoms with van der Waals surface area (Å²) in [6.07, 6.45) is 2.56. The summed E-state index contributed by atoms with van der Waals surface area (Å²) in [6.45, 7) is 2.00. The van der Waals surface area contributed by atoms with Crippen LogP contribution in [-0.4, -0.2) is 30.6 Å². The van der Waals surface area contributed by atoms with Crippen LogP contribution in [0.2, 0.25) is 0 Å². The number of rotatable bonds is 2. The molecule has 10 heteroatoms. The van der Waals surface area contributed by atoms with E-state index in [9.17, 15) is 22.0 Å². The molecule has 20 heavy (non-hydrogen) atoms. The molecule has 0 atom stereocenters. The summed E-state index contributed by atoms with van der Waals surface area (Å²) in [5, 5.41) is 16.3. The van der Waals surface area contributed by atoms with Crippen molar-refractivity contribution in [1.82, 2.24) is 0 Å². The largest absolute Gasteiger partial charge is 0.707 e. The highest BCUT2D eigenvalue weighted by molar-refractivity contribution is 6.33. The second-order valence-electron chi connectivity index (χ2n) is 3.66. The van der Waals surface area contributed by atoms with E-state index in [0.717, 1.165) is 13.2 Å². The fraction of sp³-hybridized carbons (Fsp3) is 0.400. The number of hydrogen-bond acceptors (Lipinski definition) is 4. The highest BCUT2D eigenvalue weighted by atomic mass is 19.2. The van der Waals surface area contributed by atoms with Crippen molar-refractivity contribution in [3.8, 4) is 5.75 Å². The topological polar surface area (TPSA) is 58.9 Å². The van der Waals surface area contributed by atoms with Gasteiger partial charge in [0.05, 0.1) is 0 Å². The quantitative estimate of drug-likeness (QED) is 0.376. The second-order valence-corrected chi connectivity index (χ2v) is 3.66. The van der Waals surface area contributed by atoms with Gasteiger partial charge in [-0.3, -0.25) is 0 Å². The molecule has 1 aromatic rings. The van der Waals surface area contributed by atoms with E-state index in [-0.39, 0.29) is 0 Å². The molecule has 1 aromatic carbocycles. The smallest absolute Gasteiger partial charge is 0.507 e. The van der Waals surface area contributed by atoms with Crippen molar-refractivity contribution in [2.45, 2.75) is 12.8 Å². The molecule has 0 aliphatic carbocycles. The molecular formula is C10H10BF5O4. The van der Waals surface area contributed by atoms with Gasteiger partial charge >= 0.3 is 7.32 Å². The number of benzene rings is 1. The molecule has 0 saturated carbocycles. The van der Waals surface area contributed by atoms with Gasteiger partial charge in [-0.05, 0) is 12.8 Å². The Bertz CT molecular complexity index is 431. The lowest BCUT2D eigenvalue weighted by Crippen LogP contribution is -2.23. The zero-order valence-electron chi connectivity index (χ0n) is 10.0. The summed E-state index contributed by atoms with van der Waals surface area (Å²) >= 11 is 0. The molecule has 2 rings (SSSR count). The molecule has 1 fully saturated rings. The Morgan fingerprint density at radius 1 is 0.800 bits per heavy atom. The molecule has 0 amide bonds. The van der Waals surface area contributed by atoms with Crippen LogP contribution in [-0.2, 0) is 4.74 Å². The molecule has 1 aliphatic heterocycles. The minimum atomic E-state index is -2.70. The van der Waals surface area contributed by atoms with Gasteiger partial charge in [0.15, 0.2) is 5.75 Å². The first kappa shape index (κ1) is 16.7. The average Bonchev–Trinajstić information content (AvgIpc) is 2.98. The molecule has 112 valence electrons. The Morgan fingerprint density at radius 2 is 1.20 bits per heavy atom. The number of hydrogen-bond donors (Lipinski definition) is 2. The second kappa shape index (κ2) is 7.41. The first-order valence-corrected chi connectivity index (χ1v) is 5.48. The third-order valence-electron chi connectivity index (χ3n) is 2.22. The van der Waals surface area contributed by atoms with E-state index in [0.29, 0.717) is 0 Å². The Kier molecular flexibility index (Phi) is 6.18. The minimum Gasteiger partial charge on any atom is -0.507 e. The molecule has 0 aromatic heterocycles. The monoisotopic (exact) mass is 300 g/mol. The van der Waals surface area contributed by atoms with E-state index in [1.54, 1.807) is 0 Å². The van der Waals surface area contributed by atoms with Crippen LogP contribution in [0.5, 0.6) is 5.75 Å². The molecule has 0 unspecified atom stereocenters. The summed E-state index contributed by atoms with van der Waals surface area (Å²) in [4.78, 5) is 0. The zero-order chi connectivity index (χ0) is 15.3. The van der Waals surface area contributed by atoms with E-state index >= 15 is 0 Å². The van der Waals surface area contributed by atoms with Gasteiger partial charge in [0, 0.05) is 13.2 Å². The maximum atomic E-state index is 12.7. The third-order valence-corrected chi connectivity index (χ3v) is 2.22. The Balaban J connectivity index is 0.000000333. The van der Waals surface area contributed by atoms with Gasteiger partial charge in [-0.1, -0.05) is 0 Å².